The smallest absolute Gasteiger partial charge is 0.277 e. The lowest BCUT2D eigenvalue weighted by Gasteiger charge is -2.18. The molecular weight excluding hydrogens is 384 g/mol. The summed E-state index contributed by atoms with van der Waals surface area (Å²) in [6, 6.07) is 15.3. The van der Waals surface area contributed by atoms with Crippen LogP contribution >= 0.6 is 11.8 Å². The summed E-state index contributed by atoms with van der Waals surface area (Å²) in [5.41, 5.74) is 4.32. The van der Waals surface area contributed by atoms with Crippen molar-refractivity contribution in [3.05, 3.63) is 75.8 Å². The number of aromatic nitrogens is 4. The maximum atomic E-state index is 12.4. The van der Waals surface area contributed by atoms with Gasteiger partial charge in [0.25, 0.3) is 10.8 Å². The van der Waals surface area contributed by atoms with Crippen LogP contribution in [0.15, 0.2) is 63.0 Å². The third-order valence-corrected chi connectivity index (χ3v) is 5.53. The minimum absolute atomic E-state index is 0.0890. The van der Waals surface area contributed by atoms with Gasteiger partial charge in [0, 0.05) is 23.1 Å². The minimum atomic E-state index is -0.0890. The summed E-state index contributed by atoms with van der Waals surface area (Å²) >= 11 is 1.37. The molecule has 0 fully saturated rings. The number of nitrogens with zero attached hydrogens (tertiary/aromatic N) is 4. The van der Waals surface area contributed by atoms with Gasteiger partial charge in [0.05, 0.1) is 5.69 Å². The Labute approximate surface area is 173 Å². The fourth-order valence-corrected chi connectivity index (χ4v) is 3.73. The fourth-order valence-electron chi connectivity index (χ4n) is 3.07. The van der Waals surface area contributed by atoms with Gasteiger partial charge in [-0.15, -0.1) is 10.2 Å². The first-order valence-electron chi connectivity index (χ1n) is 9.37. The van der Waals surface area contributed by atoms with E-state index in [0.29, 0.717) is 28.2 Å². The van der Waals surface area contributed by atoms with Crippen molar-refractivity contribution < 1.29 is 4.42 Å². The van der Waals surface area contributed by atoms with Crippen LogP contribution in [0.4, 0.5) is 0 Å². The van der Waals surface area contributed by atoms with Crippen LogP contribution in [-0.4, -0.2) is 19.6 Å². The van der Waals surface area contributed by atoms with Crippen LogP contribution in [-0.2, 0) is 11.2 Å². The Hall–Kier alpha value is -2.93. The standard InChI is InChI=1S/C22H22N4O2S/c1-14-6-5-7-18-23-17(12-19(27)26(14)18)13-29-21-25-24-20(28-21)15-8-10-16(11-9-15)22(2,3)4/h5-12H,13H2,1-4H3. The van der Waals surface area contributed by atoms with E-state index in [1.807, 2.05) is 37.3 Å². The second-order valence-corrected chi connectivity index (χ2v) is 8.86. The molecule has 0 N–H and O–H groups in total. The Morgan fingerprint density at radius 2 is 1.83 bits per heavy atom. The summed E-state index contributed by atoms with van der Waals surface area (Å²) in [6.45, 7) is 8.42. The van der Waals surface area contributed by atoms with E-state index in [2.05, 4.69) is 48.1 Å². The van der Waals surface area contributed by atoms with Crippen molar-refractivity contribution in [2.75, 3.05) is 0 Å². The van der Waals surface area contributed by atoms with E-state index in [1.165, 1.54) is 17.3 Å². The highest BCUT2D eigenvalue weighted by Crippen LogP contribution is 2.28. The number of rotatable bonds is 4. The van der Waals surface area contributed by atoms with Crippen LogP contribution in [0, 0.1) is 6.92 Å². The molecule has 0 saturated carbocycles. The van der Waals surface area contributed by atoms with E-state index in [4.69, 9.17) is 4.42 Å². The molecule has 6 nitrogen and oxygen atoms in total. The van der Waals surface area contributed by atoms with Gasteiger partial charge >= 0.3 is 0 Å². The van der Waals surface area contributed by atoms with Crippen LogP contribution in [0.1, 0.15) is 37.7 Å². The maximum absolute atomic E-state index is 12.4. The Kier molecular flexibility index (Phi) is 5.00. The first-order chi connectivity index (χ1) is 13.8. The van der Waals surface area contributed by atoms with E-state index >= 15 is 0 Å². The van der Waals surface area contributed by atoms with Gasteiger partial charge in [-0.3, -0.25) is 9.20 Å². The van der Waals surface area contributed by atoms with Gasteiger partial charge in [0.1, 0.15) is 5.65 Å². The zero-order chi connectivity index (χ0) is 20.6. The van der Waals surface area contributed by atoms with Crippen molar-refractivity contribution in [2.24, 2.45) is 0 Å². The number of aryl methyl sites for hydroxylation is 1. The van der Waals surface area contributed by atoms with Crippen molar-refractivity contribution in [1.29, 1.82) is 0 Å². The normalized spacial score (nSPS) is 11.9. The summed E-state index contributed by atoms with van der Waals surface area (Å²) in [7, 11) is 0. The molecule has 3 heterocycles. The lowest BCUT2D eigenvalue weighted by Crippen LogP contribution is -2.17. The number of hydrogen-bond donors (Lipinski definition) is 0. The minimum Gasteiger partial charge on any atom is -0.411 e. The quantitative estimate of drug-likeness (QED) is 0.460. The average Bonchev–Trinajstić information content (AvgIpc) is 3.15. The molecule has 1 aromatic carbocycles. The lowest BCUT2D eigenvalue weighted by molar-refractivity contribution is 0.465. The van der Waals surface area contributed by atoms with E-state index < -0.39 is 0 Å². The molecule has 7 heteroatoms. The fraction of sp³-hybridized carbons (Fsp3) is 0.273. The van der Waals surface area contributed by atoms with Crippen LogP contribution in [0.5, 0.6) is 0 Å². The predicted molar refractivity (Wildman–Crippen MR) is 114 cm³/mol. The molecule has 0 aliphatic heterocycles. The molecule has 0 atom stereocenters. The summed E-state index contributed by atoms with van der Waals surface area (Å²) in [6.07, 6.45) is 0. The Morgan fingerprint density at radius 3 is 2.55 bits per heavy atom. The molecule has 0 saturated heterocycles. The molecule has 3 aromatic heterocycles. The maximum Gasteiger partial charge on any atom is 0.277 e. The summed E-state index contributed by atoms with van der Waals surface area (Å²) < 4.78 is 7.38. The number of pyridine rings is 1. The van der Waals surface area contributed by atoms with Gasteiger partial charge < -0.3 is 4.42 Å². The molecule has 0 spiro atoms. The number of hydrogen-bond acceptors (Lipinski definition) is 6. The Balaban J connectivity index is 1.50. The Morgan fingerprint density at radius 1 is 1.07 bits per heavy atom. The highest BCUT2D eigenvalue weighted by atomic mass is 32.2. The predicted octanol–water partition coefficient (Wildman–Crippen LogP) is 4.64. The topological polar surface area (TPSA) is 73.3 Å². The highest BCUT2D eigenvalue weighted by molar-refractivity contribution is 7.98. The molecule has 29 heavy (non-hydrogen) atoms. The molecule has 4 aromatic rings. The number of thioether (sulfide) groups is 1. The third kappa shape index (κ3) is 4.10. The average molecular weight is 407 g/mol. The molecule has 0 bridgehead atoms. The van der Waals surface area contributed by atoms with Crippen molar-refractivity contribution in [2.45, 2.75) is 44.1 Å². The van der Waals surface area contributed by atoms with Crippen LogP contribution in [0.25, 0.3) is 17.1 Å². The van der Waals surface area contributed by atoms with E-state index in [-0.39, 0.29) is 11.0 Å². The molecule has 0 aliphatic rings. The second kappa shape index (κ2) is 7.48. The Bertz CT molecular complexity index is 1220. The molecule has 148 valence electrons. The van der Waals surface area contributed by atoms with Crippen molar-refractivity contribution in [1.82, 2.24) is 19.6 Å². The third-order valence-electron chi connectivity index (χ3n) is 4.68. The summed E-state index contributed by atoms with van der Waals surface area (Å²) in [5.74, 6) is 0.958. The van der Waals surface area contributed by atoms with Gasteiger partial charge in [-0.1, -0.05) is 50.7 Å². The van der Waals surface area contributed by atoms with E-state index in [0.717, 1.165) is 11.3 Å². The second-order valence-electron chi connectivity index (χ2n) is 7.94. The molecule has 0 aliphatic carbocycles. The molecule has 4 rings (SSSR count). The van der Waals surface area contributed by atoms with Crippen LogP contribution in [0.3, 0.4) is 0 Å². The zero-order valence-corrected chi connectivity index (χ0v) is 17.7. The van der Waals surface area contributed by atoms with Gasteiger partial charge in [0.2, 0.25) is 5.89 Å². The first kappa shape index (κ1) is 19.4. The monoisotopic (exact) mass is 406 g/mol. The van der Waals surface area contributed by atoms with Crippen molar-refractivity contribution in [3.63, 3.8) is 0 Å². The largest absolute Gasteiger partial charge is 0.411 e. The van der Waals surface area contributed by atoms with Gasteiger partial charge in [-0.05, 0) is 42.2 Å². The highest BCUT2D eigenvalue weighted by Gasteiger charge is 2.15. The van der Waals surface area contributed by atoms with E-state index in [9.17, 15) is 4.79 Å². The summed E-state index contributed by atoms with van der Waals surface area (Å²) in [5, 5.41) is 8.71. The number of fused-ring (bicyclic) bond motifs is 1. The van der Waals surface area contributed by atoms with Gasteiger partial charge in [0.15, 0.2) is 0 Å². The molecule has 0 unspecified atom stereocenters. The lowest BCUT2D eigenvalue weighted by atomic mass is 9.87. The van der Waals surface area contributed by atoms with Crippen LogP contribution in [0.2, 0.25) is 0 Å². The van der Waals surface area contributed by atoms with Crippen molar-refractivity contribution >= 4 is 17.4 Å². The molecule has 0 amide bonds. The number of benzene rings is 1. The van der Waals surface area contributed by atoms with Gasteiger partial charge in [-0.2, -0.15) is 0 Å². The van der Waals surface area contributed by atoms with Crippen LogP contribution < -0.4 is 5.56 Å². The molecular formula is C22H22N4O2S. The zero-order valence-electron chi connectivity index (χ0n) is 16.8. The van der Waals surface area contributed by atoms with E-state index in [1.54, 1.807) is 10.5 Å². The SMILES string of the molecule is Cc1cccc2nc(CSc3nnc(-c4ccc(C(C)(C)C)cc4)o3)cc(=O)n12. The summed E-state index contributed by atoms with van der Waals surface area (Å²) in [4.78, 5) is 16.9. The van der Waals surface area contributed by atoms with Crippen molar-refractivity contribution in [3.8, 4) is 11.5 Å². The molecule has 0 radical (unpaired) electrons. The first-order valence-corrected chi connectivity index (χ1v) is 10.4. The van der Waals surface area contributed by atoms with Gasteiger partial charge in [-0.25, -0.2) is 4.98 Å².